The van der Waals surface area contributed by atoms with Crippen molar-refractivity contribution >= 4 is 22.5 Å². The molecule has 1 fully saturated rings. The van der Waals surface area contributed by atoms with Gasteiger partial charge in [0.2, 0.25) is 6.29 Å². The van der Waals surface area contributed by atoms with E-state index in [1.807, 2.05) is 0 Å². The van der Waals surface area contributed by atoms with Crippen molar-refractivity contribution in [3.8, 4) is 17.2 Å². The number of hydrogen-bond acceptors (Lipinski definition) is 10. The maximum absolute atomic E-state index is 12.1. The van der Waals surface area contributed by atoms with Gasteiger partial charge in [-0.1, -0.05) is 6.92 Å². The zero-order valence-corrected chi connectivity index (χ0v) is 18.1. The molecule has 0 aromatic heterocycles. The summed E-state index contributed by atoms with van der Waals surface area (Å²) in [7, 11) is 0. The lowest BCUT2D eigenvalue weighted by atomic mass is 9.82. The van der Waals surface area contributed by atoms with Gasteiger partial charge in [-0.15, -0.1) is 0 Å². The van der Waals surface area contributed by atoms with Gasteiger partial charge in [0.15, 0.2) is 5.78 Å². The summed E-state index contributed by atoms with van der Waals surface area (Å²) in [5.74, 6) is -3.40. The fourth-order valence-electron chi connectivity index (χ4n) is 4.17. The van der Waals surface area contributed by atoms with E-state index >= 15 is 0 Å². The monoisotopic (exact) mass is 466 g/mol. The summed E-state index contributed by atoms with van der Waals surface area (Å²) < 4.78 is 11.1. The van der Waals surface area contributed by atoms with E-state index in [0.717, 1.165) is 12.1 Å². The Morgan fingerprint density at radius 1 is 1.18 bits per heavy atom. The van der Waals surface area contributed by atoms with Crippen LogP contribution in [0, 0.1) is 6.92 Å². The van der Waals surface area contributed by atoms with E-state index in [0.29, 0.717) is 0 Å². The molecule has 0 amide bonds. The van der Waals surface area contributed by atoms with Gasteiger partial charge < -0.3 is 45.2 Å². The first-order valence-corrected chi connectivity index (χ1v) is 10.2. The highest BCUT2D eigenvalue weighted by molar-refractivity contribution is 6.11. The van der Waals surface area contributed by atoms with Crippen molar-refractivity contribution in [3.05, 3.63) is 28.8 Å². The number of aromatic carboxylic acids is 1. The second kappa shape index (κ2) is 8.76. The molecule has 180 valence electrons. The molecule has 0 spiro atoms. The normalized spacial score (nSPS) is 27.5. The molecule has 0 radical (unpaired) electrons. The molecule has 33 heavy (non-hydrogen) atoms. The number of aliphatic hydroxyl groups is 4. The van der Waals surface area contributed by atoms with E-state index in [1.54, 1.807) is 0 Å². The summed E-state index contributed by atoms with van der Waals surface area (Å²) in [5.41, 5.74) is -2.53. The molecule has 0 saturated carbocycles. The Morgan fingerprint density at radius 2 is 1.82 bits per heavy atom. The molecule has 1 saturated heterocycles. The minimum Gasteiger partial charge on any atom is -0.507 e. The Labute approximate surface area is 188 Å². The van der Waals surface area contributed by atoms with Gasteiger partial charge in [-0.25, -0.2) is 4.79 Å². The van der Waals surface area contributed by atoms with E-state index < -0.39 is 60.1 Å². The van der Waals surface area contributed by atoms with Crippen LogP contribution < -0.4 is 4.74 Å². The molecule has 0 aliphatic carbocycles. The Kier molecular flexibility index (Phi) is 6.55. The van der Waals surface area contributed by atoms with E-state index in [9.17, 15) is 45.3 Å². The minimum atomic E-state index is -1.99. The Balaban J connectivity index is 2.22. The van der Waals surface area contributed by atoms with Crippen LogP contribution in [0.5, 0.6) is 17.2 Å². The fourth-order valence-corrected chi connectivity index (χ4v) is 4.17. The molecular formula is C22H26O11. The number of fused-ring (bicyclic) bond motifs is 1. The average molecular weight is 466 g/mol. The molecule has 11 nitrogen and oxygen atoms in total. The summed E-state index contributed by atoms with van der Waals surface area (Å²) in [6.07, 6.45) is -6.79. The van der Waals surface area contributed by atoms with Crippen LogP contribution in [-0.4, -0.2) is 84.3 Å². The van der Waals surface area contributed by atoms with Crippen LogP contribution in [0.3, 0.4) is 0 Å². The molecule has 5 atom stereocenters. The number of ketones is 1. The molecule has 1 heterocycles. The highest BCUT2D eigenvalue weighted by Gasteiger charge is 2.54. The van der Waals surface area contributed by atoms with Crippen molar-refractivity contribution in [1.82, 2.24) is 0 Å². The first-order valence-electron chi connectivity index (χ1n) is 10.2. The van der Waals surface area contributed by atoms with Crippen LogP contribution in [-0.2, 0) is 4.74 Å². The zero-order chi connectivity index (χ0) is 24.8. The van der Waals surface area contributed by atoms with E-state index in [2.05, 4.69) is 0 Å². The quantitative estimate of drug-likeness (QED) is 0.230. The third-order valence-electron chi connectivity index (χ3n) is 6.11. The number of rotatable bonds is 6. The number of phenolic OH excluding ortho intramolecular Hbond substituents is 2. The smallest absolute Gasteiger partial charge is 0.335 e. The van der Waals surface area contributed by atoms with Crippen molar-refractivity contribution < 1.29 is 54.8 Å². The first kappa shape index (κ1) is 24.7. The standard InChI is InChI=1S/C22H26O11/c1-4-22(31)13(7-23)33-21(18(27)19(22)28)32-12-6-10(20(29)30)5-11-15(12)17(26)14(9(3)24)8(2)16(11)25/h5-6,13,18-19,21,23,25-28,31H,4,7H2,1-3H3,(H,29,30)/t13-,18-,19-,21-,22-/m1/s1. The molecule has 7 N–H and O–H groups in total. The van der Waals surface area contributed by atoms with Gasteiger partial charge in [0, 0.05) is 10.9 Å². The highest BCUT2D eigenvalue weighted by Crippen LogP contribution is 2.45. The third-order valence-corrected chi connectivity index (χ3v) is 6.11. The number of aliphatic hydroxyl groups excluding tert-OH is 3. The number of aromatic hydroxyl groups is 2. The average Bonchev–Trinajstić information content (AvgIpc) is 2.77. The van der Waals surface area contributed by atoms with Crippen molar-refractivity contribution in [2.45, 2.75) is 57.4 Å². The topological polar surface area (TPSA) is 194 Å². The molecule has 11 heteroatoms. The predicted molar refractivity (Wildman–Crippen MR) is 113 cm³/mol. The van der Waals surface area contributed by atoms with Crippen LogP contribution in [0.4, 0.5) is 0 Å². The maximum atomic E-state index is 12.1. The van der Waals surface area contributed by atoms with Gasteiger partial charge >= 0.3 is 5.97 Å². The summed E-state index contributed by atoms with van der Waals surface area (Å²) >= 11 is 0. The van der Waals surface area contributed by atoms with Crippen molar-refractivity contribution in [2.75, 3.05) is 6.61 Å². The Morgan fingerprint density at radius 3 is 2.33 bits per heavy atom. The largest absolute Gasteiger partial charge is 0.507 e. The van der Waals surface area contributed by atoms with Crippen molar-refractivity contribution in [3.63, 3.8) is 0 Å². The van der Waals surface area contributed by atoms with Crippen molar-refractivity contribution in [2.24, 2.45) is 0 Å². The molecule has 3 rings (SSSR count). The number of carboxylic acids is 1. The van der Waals surface area contributed by atoms with Crippen LogP contribution in [0.2, 0.25) is 0 Å². The number of hydrogen-bond donors (Lipinski definition) is 7. The van der Waals surface area contributed by atoms with Gasteiger partial charge in [0.25, 0.3) is 0 Å². The molecule has 2 aromatic carbocycles. The number of carbonyl (C=O) groups excluding carboxylic acids is 1. The van der Waals surface area contributed by atoms with Gasteiger partial charge in [0.1, 0.15) is 41.2 Å². The minimum absolute atomic E-state index is 0.0266. The summed E-state index contributed by atoms with van der Waals surface area (Å²) in [5, 5.41) is 71.8. The van der Waals surface area contributed by atoms with Gasteiger partial charge in [0.05, 0.1) is 23.1 Å². The van der Waals surface area contributed by atoms with Gasteiger partial charge in [-0.05, 0) is 32.4 Å². The molecule has 2 aromatic rings. The highest BCUT2D eigenvalue weighted by atomic mass is 16.7. The molecule has 0 unspecified atom stereocenters. The molecule has 1 aliphatic heterocycles. The maximum Gasteiger partial charge on any atom is 0.335 e. The Hall–Kier alpha value is -2.96. The Bertz CT molecular complexity index is 1110. The van der Waals surface area contributed by atoms with Gasteiger partial charge in [-0.3, -0.25) is 4.79 Å². The van der Waals surface area contributed by atoms with Crippen molar-refractivity contribution in [1.29, 1.82) is 0 Å². The lowest BCUT2D eigenvalue weighted by Gasteiger charge is -2.47. The number of phenols is 2. The third kappa shape index (κ3) is 3.87. The lowest BCUT2D eigenvalue weighted by Crippen LogP contribution is -2.67. The summed E-state index contributed by atoms with van der Waals surface area (Å²) in [6, 6.07) is 2.07. The second-order valence-corrected chi connectivity index (χ2v) is 8.03. The predicted octanol–water partition coefficient (Wildman–Crippen LogP) is 0.419. The van der Waals surface area contributed by atoms with Crippen LogP contribution in [0.1, 0.15) is 46.5 Å². The molecular weight excluding hydrogens is 440 g/mol. The zero-order valence-electron chi connectivity index (χ0n) is 18.1. The number of carboxylic acid groups (broad SMARTS) is 1. The first-order chi connectivity index (χ1) is 15.4. The number of Topliss-reactive ketones (excluding diaryl/α,β-unsaturated/α-hetero) is 1. The van der Waals surface area contributed by atoms with E-state index in [4.69, 9.17) is 9.47 Å². The lowest BCUT2D eigenvalue weighted by molar-refractivity contribution is -0.313. The SMILES string of the molecule is CC[C@]1(O)[C@H](O)[C@@H](O)[C@H](Oc2cc(C(=O)O)cc3c(O)c(C)c(C(C)=O)c(O)c23)O[C@@H]1CO. The number of benzene rings is 2. The summed E-state index contributed by atoms with van der Waals surface area (Å²) in [4.78, 5) is 23.7. The molecule has 1 aliphatic rings. The van der Waals surface area contributed by atoms with E-state index in [1.165, 1.54) is 20.8 Å². The van der Waals surface area contributed by atoms with Crippen LogP contribution >= 0.6 is 0 Å². The summed E-state index contributed by atoms with van der Waals surface area (Å²) in [6.45, 7) is 3.32. The number of carbonyl (C=O) groups is 2. The molecule has 0 bridgehead atoms. The fraction of sp³-hybridized carbons (Fsp3) is 0.455. The van der Waals surface area contributed by atoms with Crippen LogP contribution in [0.25, 0.3) is 10.8 Å². The van der Waals surface area contributed by atoms with Gasteiger partial charge in [-0.2, -0.15) is 0 Å². The van der Waals surface area contributed by atoms with Crippen LogP contribution in [0.15, 0.2) is 12.1 Å². The number of ether oxygens (including phenoxy) is 2. The second-order valence-electron chi connectivity index (χ2n) is 8.03. The van der Waals surface area contributed by atoms with E-state index in [-0.39, 0.29) is 39.6 Å².